The highest BCUT2D eigenvalue weighted by molar-refractivity contribution is 7.87. The molecule has 1 fully saturated rings. The Morgan fingerprint density at radius 3 is 2.70 bits per heavy atom. The maximum atomic E-state index is 12.8. The van der Waals surface area contributed by atoms with Gasteiger partial charge >= 0.3 is 0 Å². The van der Waals surface area contributed by atoms with Crippen LogP contribution in [0.25, 0.3) is 11.4 Å². The molecule has 4 rings (SSSR count). The summed E-state index contributed by atoms with van der Waals surface area (Å²) < 4.78 is 35.0. The maximum Gasteiger partial charge on any atom is 0.280 e. The van der Waals surface area contributed by atoms with Gasteiger partial charge in [-0.05, 0) is 30.5 Å². The van der Waals surface area contributed by atoms with Gasteiger partial charge in [0, 0.05) is 31.0 Å². The van der Waals surface area contributed by atoms with Gasteiger partial charge in [0.1, 0.15) is 6.04 Å². The fraction of sp³-hybridized carbons (Fsp3) is 0.278. The Balaban J connectivity index is 1.51. The summed E-state index contributed by atoms with van der Waals surface area (Å²) in [6.07, 6.45) is 4.67. The monoisotopic (exact) mass is 385 g/mol. The zero-order chi connectivity index (χ0) is 18.7. The van der Waals surface area contributed by atoms with Crippen molar-refractivity contribution in [1.82, 2.24) is 24.2 Å². The maximum absolute atomic E-state index is 12.8. The number of aromatic nitrogens is 3. The first-order chi connectivity index (χ1) is 13.1. The summed E-state index contributed by atoms with van der Waals surface area (Å²) in [5, 5.41) is 3.99. The largest absolute Gasteiger partial charge is 0.337 e. The molecule has 1 aliphatic heterocycles. The molecule has 9 heteroatoms. The average molecular weight is 385 g/mol. The molecule has 0 radical (unpaired) electrons. The molecule has 3 heterocycles. The van der Waals surface area contributed by atoms with E-state index in [0.717, 1.165) is 17.5 Å². The summed E-state index contributed by atoms with van der Waals surface area (Å²) in [4.78, 5) is 8.37. The third-order valence-corrected chi connectivity index (χ3v) is 6.04. The zero-order valence-electron chi connectivity index (χ0n) is 14.5. The van der Waals surface area contributed by atoms with Crippen molar-refractivity contribution < 1.29 is 12.9 Å². The van der Waals surface area contributed by atoms with Gasteiger partial charge in [-0.1, -0.05) is 35.5 Å². The molecule has 1 aliphatic rings. The Bertz CT molecular complexity index is 992. The van der Waals surface area contributed by atoms with Crippen molar-refractivity contribution in [2.75, 3.05) is 6.54 Å². The Morgan fingerprint density at radius 1 is 1.15 bits per heavy atom. The van der Waals surface area contributed by atoms with E-state index in [1.54, 1.807) is 24.5 Å². The molecule has 27 heavy (non-hydrogen) atoms. The van der Waals surface area contributed by atoms with Gasteiger partial charge in [-0.25, -0.2) is 0 Å². The molecule has 1 aromatic carbocycles. The van der Waals surface area contributed by atoms with Gasteiger partial charge in [0.05, 0.1) is 0 Å². The van der Waals surface area contributed by atoms with Gasteiger partial charge in [0.15, 0.2) is 0 Å². The molecule has 1 atom stereocenters. The topological polar surface area (TPSA) is 101 Å². The van der Waals surface area contributed by atoms with Crippen molar-refractivity contribution in [3.8, 4) is 11.4 Å². The molecule has 1 saturated heterocycles. The second-order valence-electron chi connectivity index (χ2n) is 6.27. The molecule has 0 unspecified atom stereocenters. The Kier molecular flexibility index (Phi) is 4.97. The molecule has 0 spiro atoms. The summed E-state index contributed by atoms with van der Waals surface area (Å²) in [5.41, 5.74) is 1.67. The predicted octanol–water partition coefficient (Wildman–Crippen LogP) is 2.30. The minimum absolute atomic E-state index is 0.235. The first-order valence-electron chi connectivity index (χ1n) is 8.68. The Labute approximate surface area is 157 Å². The first-order valence-corrected chi connectivity index (χ1v) is 10.1. The smallest absolute Gasteiger partial charge is 0.280 e. The number of nitrogens with one attached hydrogen (secondary N) is 1. The van der Waals surface area contributed by atoms with E-state index in [9.17, 15) is 8.42 Å². The van der Waals surface area contributed by atoms with Crippen LogP contribution < -0.4 is 4.72 Å². The molecular formula is C18H19N5O3S. The summed E-state index contributed by atoms with van der Waals surface area (Å²) in [7, 11) is -3.67. The second-order valence-corrected chi connectivity index (χ2v) is 7.98. The SMILES string of the molecule is O=S(=O)(NCc1ccccc1)N1CCC[C@H]1c1nc(-c2ccncc2)no1. The molecular weight excluding hydrogens is 366 g/mol. The zero-order valence-corrected chi connectivity index (χ0v) is 15.3. The normalized spacial score (nSPS) is 18.0. The molecule has 140 valence electrons. The van der Waals surface area contributed by atoms with E-state index in [4.69, 9.17) is 4.52 Å². The van der Waals surface area contributed by atoms with Gasteiger partial charge in [-0.2, -0.15) is 22.4 Å². The molecule has 0 saturated carbocycles. The lowest BCUT2D eigenvalue weighted by atomic mass is 10.2. The van der Waals surface area contributed by atoms with Crippen LogP contribution in [0.3, 0.4) is 0 Å². The van der Waals surface area contributed by atoms with Crippen LogP contribution in [0, 0.1) is 0 Å². The van der Waals surface area contributed by atoms with Crippen molar-refractivity contribution in [1.29, 1.82) is 0 Å². The molecule has 0 bridgehead atoms. The quantitative estimate of drug-likeness (QED) is 0.699. The van der Waals surface area contributed by atoms with E-state index in [1.807, 2.05) is 30.3 Å². The van der Waals surface area contributed by atoms with Gasteiger partial charge in [0.25, 0.3) is 10.2 Å². The highest BCUT2D eigenvalue weighted by atomic mass is 32.2. The van der Waals surface area contributed by atoms with E-state index >= 15 is 0 Å². The summed E-state index contributed by atoms with van der Waals surface area (Å²) in [6, 6.07) is 12.5. The lowest BCUT2D eigenvalue weighted by molar-refractivity contribution is 0.288. The molecule has 0 amide bonds. The minimum Gasteiger partial charge on any atom is -0.337 e. The number of pyridine rings is 1. The molecule has 0 aliphatic carbocycles. The van der Waals surface area contributed by atoms with Crippen LogP contribution in [0.4, 0.5) is 0 Å². The van der Waals surface area contributed by atoms with E-state index < -0.39 is 16.3 Å². The number of hydrogen-bond donors (Lipinski definition) is 1. The number of rotatable bonds is 6. The fourth-order valence-corrected chi connectivity index (χ4v) is 4.53. The number of benzene rings is 1. The Morgan fingerprint density at radius 2 is 1.93 bits per heavy atom. The molecule has 2 aromatic heterocycles. The van der Waals surface area contributed by atoms with Crippen molar-refractivity contribution >= 4 is 10.2 Å². The number of hydrogen-bond acceptors (Lipinski definition) is 6. The minimum atomic E-state index is -3.67. The highest BCUT2D eigenvalue weighted by Gasteiger charge is 2.38. The first kappa shape index (κ1) is 17.8. The van der Waals surface area contributed by atoms with Gasteiger partial charge in [-0.15, -0.1) is 0 Å². The van der Waals surface area contributed by atoms with Crippen molar-refractivity contribution in [2.24, 2.45) is 0 Å². The van der Waals surface area contributed by atoms with E-state index in [1.165, 1.54) is 4.31 Å². The Hall–Kier alpha value is -2.62. The fourth-order valence-electron chi connectivity index (χ4n) is 3.12. The molecule has 1 N–H and O–H groups in total. The van der Waals surface area contributed by atoms with Gasteiger partial charge in [0.2, 0.25) is 11.7 Å². The van der Waals surface area contributed by atoms with Crippen molar-refractivity contribution in [3.05, 3.63) is 66.3 Å². The van der Waals surface area contributed by atoms with Crippen LogP contribution in [-0.4, -0.2) is 34.4 Å². The van der Waals surface area contributed by atoms with E-state index in [-0.39, 0.29) is 6.54 Å². The summed E-state index contributed by atoms with van der Waals surface area (Å²) >= 11 is 0. The van der Waals surface area contributed by atoms with Crippen LogP contribution in [0.1, 0.15) is 30.3 Å². The van der Waals surface area contributed by atoms with Crippen molar-refractivity contribution in [2.45, 2.75) is 25.4 Å². The van der Waals surface area contributed by atoms with Crippen molar-refractivity contribution in [3.63, 3.8) is 0 Å². The third-order valence-electron chi connectivity index (χ3n) is 4.48. The van der Waals surface area contributed by atoms with Gasteiger partial charge < -0.3 is 4.52 Å². The van der Waals surface area contributed by atoms with E-state index in [0.29, 0.717) is 24.7 Å². The van der Waals surface area contributed by atoms with E-state index in [2.05, 4.69) is 19.8 Å². The summed E-state index contributed by atoms with van der Waals surface area (Å²) in [6.45, 7) is 0.653. The van der Waals surface area contributed by atoms with Crippen LogP contribution in [0.2, 0.25) is 0 Å². The lowest BCUT2D eigenvalue weighted by Crippen LogP contribution is -2.40. The summed E-state index contributed by atoms with van der Waals surface area (Å²) in [5.74, 6) is 0.735. The lowest BCUT2D eigenvalue weighted by Gasteiger charge is -2.21. The third kappa shape index (κ3) is 3.90. The van der Waals surface area contributed by atoms with Crippen LogP contribution >= 0.6 is 0 Å². The molecule has 8 nitrogen and oxygen atoms in total. The predicted molar refractivity (Wildman–Crippen MR) is 98.4 cm³/mol. The van der Waals surface area contributed by atoms with Gasteiger partial charge in [-0.3, -0.25) is 4.98 Å². The van der Waals surface area contributed by atoms with Crippen LogP contribution in [-0.2, 0) is 16.8 Å². The molecule has 3 aromatic rings. The number of nitrogens with zero attached hydrogens (tertiary/aromatic N) is 4. The second kappa shape index (κ2) is 7.55. The average Bonchev–Trinajstić information content (AvgIpc) is 3.38. The standard InChI is InChI=1S/C18H19N5O3S/c24-27(25,20-13-14-5-2-1-3-6-14)23-12-4-7-16(23)18-21-17(22-26-18)15-8-10-19-11-9-15/h1-3,5-6,8-11,16,20H,4,7,12-13H2/t16-/m0/s1. The van der Waals surface area contributed by atoms with Crippen LogP contribution in [0.5, 0.6) is 0 Å². The highest BCUT2D eigenvalue weighted by Crippen LogP contribution is 2.33. The van der Waals surface area contributed by atoms with Crippen LogP contribution in [0.15, 0.2) is 59.4 Å².